The lowest BCUT2D eigenvalue weighted by Crippen LogP contribution is -2.14. The number of rotatable bonds is 1. The van der Waals surface area contributed by atoms with Crippen LogP contribution in [-0.2, 0) is 0 Å². The molecular weight excluding hydrogens is 224 g/mol. The van der Waals surface area contributed by atoms with Crippen LogP contribution in [0.4, 0.5) is 4.39 Å². The molecule has 0 radical (unpaired) electrons. The van der Waals surface area contributed by atoms with Crippen molar-refractivity contribution in [3.63, 3.8) is 0 Å². The van der Waals surface area contributed by atoms with E-state index < -0.39 is 0 Å². The molecule has 0 amide bonds. The van der Waals surface area contributed by atoms with E-state index in [-0.39, 0.29) is 24.3 Å². The van der Waals surface area contributed by atoms with Gasteiger partial charge >= 0.3 is 0 Å². The maximum Gasteiger partial charge on any atom is 0.129 e. The van der Waals surface area contributed by atoms with E-state index in [4.69, 9.17) is 11.6 Å². The van der Waals surface area contributed by atoms with Crippen molar-refractivity contribution in [2.45, 2.75) is 18.9 Å². The number of nitrogens with one attached hydrogen (secondary N) is 1. The Hall–Kier alpha value is -0.310. The van der Waals surface area contributed by atoms with E-state index >= 15 is 0 Å². The smallest absolute Gasteiger partial charge is 0.129 e. The Kier molecular flexibility index (Phi) is 4.17. The number of halogens is 3. The summed E-state index contributed by atoms with van der Waals surface area (Å²) in [5.41, 5.74) is 0.627. The number of hydrogen-bond acceptors (Lipinski definition) is 1. The molecule has 1 N–H and O–H groups in total. The molecule has 78 valence electrons. The fraction of sp³-hybridized carbons (Fsp3) is 0.400. The van der Waals surface area contributed by atoms with E-state index in [1.165, 1.54) is 6.07 Å². The van der Waals surface area contributed by atoms with Gasteiger partial charge in [-0.3, -0.25) is 0 Å². The maximum absolute atomic E-state index is 13.4. The first kappa shape index (κ1) is 11.8. The topological polar surface area (TPSA) is 12.0 Å². The minimum Gasteiger partial charge on any atom is -0.310 e. The largest absolute Gasteiger partial charge is 0.310 e. The van der Waals surface area contributed by atoms with Crippen molar-refractivity contribution in [2.75, 3.05) is 6.54 Å². The van der Waals surface area contributed by atoms with Crippen molar-refractivity contribution in [2.24, 2.45) is 0 Å². The molecule has 4 heteroatoms. The van der Waals surface area contributed by atoms with Gasteiger partial charge in [0.25, 0.3) is 0 Å². The lowest BCUT2D eigenvalue weighted by molar-refractivity contribution is 0.559. The van der Waals surface area contributed by atoms with Crippen molar-refractivity contribution < 1.29 is 4.39 Å². The van der Waals surface area contributed by atoms with Crippen molar-refractivity contribution >= 4 is 24.0 Å². The molecule has 0 aromatic heterocycles. The minimum atomic E-state index is -0.202. The van der Waals surface area contributed by atoms with E-state index in [1.807, 2.05) is 0 Å². The Morgan fingerprint density at radius 1 is 1.43 bits per heavy atom. The van der Waals surface area contributed by atoms with Crippen LogP contribution in [0.25, 0.3) is 0 Å². The van der Waals surface area contributed by atoms with Crippen LogP contribution in [0.1, 0.15) is 24.4 Å². The Labute approximate surface area is 94.1 Å². The molecule has 1 nitrogen and oxygen atoms in total. The van der Waals surface area contributed by atoms with E-state index in [0.717, 1.165) is 19.4 Å². The van der Waals surface area contributed by atoms with Crippen LogP contribution in [-0.4, -0.2) is 6.54 Å². The van der Waals surface area contributed by atoms with Gasteiger partial charge in [0.1, 0.15) is 5.82 Å². The molecule has 0 spiro atoms. The van der Waals surface area contributed by atoms with Gasteiger partial charge in [-0.05, 0) is 31.5 Å². The predicted octanol–water partition coefficient (Wildman–Crippen LogP) is 3.33. The fourth-order valence-corrected chi connectivity index (χ4v) is 2.07. The quantitative estimate of drug-likeness (QED) is 0.788. The molecule has 1 atom stereocenters. The van der Waals surface area contributed by atoms with Gasteiger partial charge < -0.3 is 5.32 Å². The lowest BCUT2D eigenvalue weighted by Gasteiger charge is -2.12. The van der Waals surface area contributed by atoms with Crippen molar-refractivity contribution in [3.8, 4) is 0 Å². The lowest BCUT2D eigenvalue weighted by atomic mass is 10.0. The summed E-state index contributed by atoms with van der Waals surface area (Å²) < 4.78 is 13.4. The molecule has 1 fully saturated rings. The molecule has 14 heavy (non-hydrogen) atoms. The van der Waals surface area contributed by atoms with Gasteiger partial charge in [-0.25, -0.2) is 4.39 Å². The van der Waals surface area contributed by atoms with Gasteiger partial charge in [0.15, 0.2) is 0 Å². The molecule has 2 rings (SSSR count). The van der Waals surface area contributed by atoms with Crippen LogP contribution in [0.5, 0.6) is 0 Å². The van der Waals surface area contributed by atoms with Crippen LogP contribution >= 0.6 is 24.0 Å². The van der Waals surface area contributed by atoms with Crippen LogP contribution in [0.15, 0.2) is 18.2 Å². The Balaban J connectivity index is 0.000000980. The van der Waals surface area contributed by atoms with E-state index in [1.54, 1.807) is 12.1 Å². The number of hydrogen-bond donors (Lipinski definition) is 1. The summed E-state index contributed by atoms with van der Waals surface area (Å²) in [5.74, 6) is -0.202. The molecule has 1 aromatic rings. The summed E-state index contributed by atoms with van der Waals surface area (Å²) in [6, 6.07) is 4.94. The molecule has 1 aliphatic heterocycles. The second-order valence-corrected chi connectivity index (χ2v) is 3.69. The third-order valence-corrected chi connectivity index (χ3v) is 2.74. The first-order chi connectivity index (χ1) is 6.29. The maximum atomic E-state index is 13.4. The van der Waals surface area contributed by atoms with Gasteiger partial charge in [-0.2, -0.15) is 0 Å². The number of benzene rings is 1. The van der Waals surface area contributed by atoms with Crippen molar-refractivity contribution in [1.29, 1.82) is 0 Å². The van der Waals surface area contributed by atoms with Gasteiger partial charge in [0.2, 0.25) is 0 Å². The van der Waals surface area contributed by atoms with Gasteiger partial charge in [-0.1, -0.05) is 17.7 Å². The molecule has 0 aliphatic carbocycles. The fourth-order valence-electron chi connectivity index (χ4n) is 1.77. The first-order valence-electron chi connectivity index (χ1n) is 4.46. The summed E-state index contributed by atoms with van der Waals surface area (Å²) in [5, 5.41) is 3.76. The normalized spacial score (nSPS) is 20.6. The van der Waals surface area contributed by atoms with Gasteiger partial charge in [0, 0.05) is 16.6 Å². The Morgan fingerprint density at radius 3 is 2.79 bits per heavy atom. The van der Waals surface area contributed by atoms with Gasteiger partial charge in [-0.15, -0.1) is 12.4 Å². The van der Waals surface area contributed by atoms with Crippen LogP contribution < -0.4 is 5.32 Å². The Bertz CT molecular complexity index is 291. The second kappa shape index (κ2) is 4.96. The summed E-state index contributed by atoms with van der Waals surface area (Å²) in [4.78, 5) is 0. The zero-order valence-corrected chi connectivity index (χ0v) is 9.17. The van der Waals surface area contributed by atoms with E-state index in [0.29, 0.717) is 10.6 Å². The first-order valence-corrected chi connectivity index (χ1v) is 4.84. The molecule has 1 aliphatic rings. The zero-order valence-electron chi connectivity index (χ0n) is 7.59. The highest BCUT2D eigenvalue weighted by Crippen LogP contribution is 2.30. The zero-order chi connectivity index (χ0) is 9.26. The highest BCUT2D eigenvalue weighted by Gasteiger charge is 2.21. The van der Waals surface area contributed by atoms with Crippen LogP contribution in [0.3, 0.4) is 0 Å². The molecule has 0 bridgehead atoms. The highest BCUT2D eigenvalue weighted by molar-refractivity contribution is 6.31. The standard InChI is InChI=1S/C10H11ClFN.ClH/c11-7-3-1-4-8(12)10(7)9-5-2-6-13-9;/h1,3-4,9,13H,2,5-6H2;1H/t9-;/m1./s1. The molecular formula is C10H12Cl2FN. The summed E-state index contributed by atoms with van der Waals surface area (Å²) in [6.07, 6.45) is 2.07. The SMILES string of the molecule is Cl.Fc1cccc(Cl)c1[C@H]1CCCN1. The van der Waals surface area contributed by atoms with Gasteiger partial charge in [0.05, 0.1) is 0 Å². The third-order valence-electron chi connectivity index (χ3n) is 2.41. The van der Waals surface area contributed by atoms with Crippen molar-refractivity contribution in [3.05, 3.63) is 34.6 Å². The average molecular weight is 236 g/mol. The average Bonchev–Trinajstić information content (AvgIpc) is 2.57. The van der Waals surface area contributed by atoms with E-state index in [2.05, 4.69) is 5.32 Å². The second-order valence-electron chi connectivity index (χ2n) is 3.28. The third kappa shape index (κ3) is 2.19. The summed E-state index contributed by atoms with van der Waals surface area (Å²) in [7, 11) is 0. The Morgan fingerprint density at radius 2 is 2.21 bits per heavy atom. The molecule has 0 saturated carbocycles. The molecule has 1 saturated heterocycles. The summed E-state index contributed by atoms with van der Waals surface area (Å²) >= 11 is 5.93. The van der Waals surface area contributed by atoms with Crippen LogP contribution in [0.2, 0.25) is 5.02 Å². The highest BCUT2D eigenvalue weighted by atomic mass is 35.5. The molecule has 0 unspecified atom stereocenters. The monoisotopic (exact) mass is 235 g/mol. The predicted molar refractivity (Wildman–Crippen MR) is 58.6 cm³/mol. The van der Waals surface area contributed by atoms with Crippen molar-refractivity contribution in [1.82, 2.24) is 5.32 Å². The summed E-state index contributed by atoms with van der Waals surface area (Å²) in [6.45, 7) is 0.954. The molecule has 1 aromatic carbocycles. The van der Waals surface area contributed by atoms with E-state index in [9.17, 15) is 4.39 Å². The molecule has 1 heterocycles. The minimum absolute atomic E-state index is 0. The van der Waals surface area contributed by atoms with Crippen LogP contribution in [0, 0.1) is 5.82 Å².